The van der Waals surface area contributed by atoms with Gasteiger partial charge in [-0.1, -0.05) is 25.0 Å². The van der Waals surface area contributed by atoms with Crippen LogP contribution in [0.4, 0.5) is 0 Å². The second kappa shape index (κ2) is 6.84. The Hall–Kier alpha value is -1.82. The van der Waals surface area contributed by atoms with Crippen molar-refractivity contribution in [2.45, 2.75) is 94.9 Å². The van der Waals surface area contributed by atoms with Crippen LogP contribution < -0.4 is 0 Å². The van der Waals surface area contributed by atoms with E-state index in [9.17, 15) is 0 Å². The zero-order chi connectivity index (χ0) is 22.4. The van der Waals surface area contributed by atoms with Crippen LogP contribution in [0.5, 0.6) is 0 Å². The molecule has 4 rings (SSSR count). The monoisotopic (exact) mass is 400 g/mol. The van der Waals surface area contributed by atoms with Crippen LogP contribution in [0.3, 0.4) is 0 Å². The minimum Gasteiger partial charge on any atom is -0.0658 e. The molecule has 0 radical (unpaired) electrons. The standard InChI is InChI=1S/C30H40/c1-13-14(2)18(6)26-22(10)30-24(12)28-20(8)16(4)15(3)19(7)27(28)23(11)29(30)21(9)25(26)17(13)5/h21-22,25-26H,1-12H3. The summed E-state index contributed by atoms with van der Waals surface area (Å²) in [6, 6.07) is 0. The highest BCUT2D eigenvalue weighted by Crippen LogP contribution is 2.58. The molecule has 0 saturated heterocycles. The van der Waals surface area contributed by atoms with Gasteiger partial charge in [0, 0.05) is 0 Å². The zero-order valence-corrected chi connectivity index (χ0v) is 21.3. The topological polar surface area (TPSA) is 0 Å². The Labute approximate surface area is 184 Å². The van der Waals surface area contributed by atoms with Gasteiger partial charge in [0.15, 0.2) is 0 Å². The number of rotatable bonds is 0. The molecule has 2 aliphatic carbocycles. The van der Waals surface area contributed by atoms with Crippen LogP contribution >= 0.6 is 0 Å². The molecular weight excluding hydrogens is 360 g/mol. The van der Waals surface area contributed by atoms with Gasteiger partial charge in [-0.15, -0.1) is 0 Å². The molecule has 0 aliphatic heterocycles. The first-order chi connectivity index (χ1) is 13.9. The summed E-state index contributed by atoms with van der Waals surface area (Å²) in [5.74, 6) is 2.37. The minimum atomic E-state index is 0.559. The van der Waals surface area contributed by atoms with Crippen LogP contribution in [0.25, 0.3) is 10.8 Å². The van der Waals surface area contributed by atoms with Crippen LogP contribution in [0, 0.1) is 53.4 Å². The molecule has 0 aromatic heterocycles. The molecular formula is C30H40. The lowest BCUT2D eigenvalue weighted by atomic mass is 9.55. The third-order valence-electron chi connectivity index (χ3n) is 9.66. The Bertz CT molecular complexity index is 1070. The van der Waals surface area contributed by atoms with E-state index in [1.54, 1.807) is 33.4 Å². The molecule has 4 unspecified atom stereocenters. The molecule has 0 amide bonds. The third kappa shape index (κ3) is 2.46. The Morgan fingerprint density at radius 3 is 1.00 bits per heavy atom. The maximum Gasteiger partial charge on any atom is -0.00622 e. The van der Waals surface area contributed by atoms with Crippen molar-refractivity contribution in [1.29, 1.82) is 0 Å². The van der Waals surface area contributed by atoms with Gasteiger partial charge in [0.1, 0.15) is 0 Å². The van der Waals surface area contributed by atoms with Gasteiger partial charge >= 0.3 is 0 Å². The summed E-state index contributed by atoms with van der Waals surface area (Å²) < 4.78 is 0. The van der Waals surface area contributed by atoms with Gasteiger partial charge in [-0.2, -0.15) is 0 Å². The van der Waals surface area contributed by atoms with E-state index >= 15 is 0 Å². The lowest BCUT2D eigenvalue weighted by Gasteiger charge is -2.48. The van der Waals surface area contributed by atoms with E-state index in [1.807, 2.05) is 0 Å². The van der Waals surface area contributed by atoms with Crippen molar-refractivity contribution >= 4 is 10.8 Å². The quantitative estimate of drug-likeness (QED) is 0.414. The van der Waals surface area contributed by atoms with Crippen molar-refractivity contribution in [1.82, 2.24) is 0 Å². The van der Waals surface area contributed by atoms with Gasteiger partial charge in [-0.05, 0) is 159 Å². The molecule has 160 valence electrons. The normalized spacial score (nSPS) is 26.4. The molecule has 2 aliphatic rings. The molecule has 0 N–H and O–H groups in total. The van der Waals surface area contributed by atoms with Crippen LogP contribution in [-0.4, -0.2) is 0 Å². The summed E-state index contributed by atoms with van der Waals surface area (Å²) in [6.07, 6.45) is 0. The van der Waals surface area contributed by atoms with Crippen LogP contribution in [0.2, 0.25) is 0 Å². The van der Waals surface area contributed by atoms with Crippen molar-refractivity contribution in [3.8, 4) is 0 Å². The molecule has 0 nitrogen and oxygen atoms in total. The van der Waals surface area contributed by atoms with Crippen molar-refractivity contribution in [3.63, 3.8) is 0 Å². The zero-order valence-electron chi connectivity index (χ0n) is 21.3. The van der Waals surface area contributed by atoms with E-state index in [2.05, 4.69) is 83.1 Å². The van der Waals surface area contributed by atoms with Gasteiger partial charge < -0.3 is 0 Å². The number of allylic oxidation sites excluding steroid dienone is 4. The van der Waals surface area contributed by atoms with Gasteiger partial charge in [0.25, 0.3) is 0 Å². The largest absolute Gasteiger partial charge is 0.0658 e. The Kier molecular flexibility index (Phi) is 4.88. The van der Waals surface area contributed by atoms with E-state index < -0.39 is 0 Å². The average Bonchev–Trinajstić information content (AvgIpc) is 2.70. The van der Waals surface area contributed by atoms with Gasteiger partial charge in [0.2, 0.25) is 0 Å². The summed E-state index contributed by atoms with van der Waals surface area (Å²) in [4.78, 5) is 0. The molecule has 0 bridgehead atoms. The fraction of sp³-hybridized carbons (Fsp3) is 0.533. The maximum atomic E-state index is 2.51. The predicted molar refractivity (Wildman–Crippen MR) is 133 cm³/mol. The number of hydrogen-bond donors (Lipinski definition) is 0. The highest BCUT2D eigenvalue weighted by atomic mass is 14.5. The van der Waals surface area contributed by atoms with Crippen LogP contribution in [0.15, 0.2) is 22.3 Å². The van der Waals surface area contributed by atoms with Crippen LogP contribution in [-0.2, 0) is 0 Å². The first-order valence-electron chi connectivity index (χ1n) is 11.8. The fourth-order valence-corrected chi connectivity index (χ4v) is 7.46. The van der Waals surface area contributed by atoms with Crippen LogP contribution in [0.1, 0.15) is 97.9 Å². The second-order valence-corrected chi connectivity index (χ2v) is 10.6. The average molecular weight is 401 g/mol. The smallest absolute Gasteiger partial charge is 0.00622 e. The van der Waals surface area contributed by atoms with Crippen molar-refractivity contribution in [3.05, 3.63) is 66.8 Å². The summed E-state index contributed by atoms with van der Waals surface area (Å²) in [7, 11) is 0. The van der Waals surface area contributed by atoms with Crippen molar-refractivity contribution in [2.75, 3.05) is 0 Å². The molecule has 0 saturated carbocycles. The van der Waals surface area contributed by atoms with Gasteiger partial charge in [-0.25, -0.2) is 0 Å². The predicted octanol–water partition coefficient (Wildman–Crippen LogP) is 8.83. The van der Waals surface area contributed by atoms with Gasteiger partial charge in [-0.3, -0.25) is 0 Å². The molecule has 30 heavy (non-hydrogen) atoms. The molecule has 2 aromatic rings. The van der Waals surface area contributed by atoms with E-state index in [1.165, 1.54) is 44.2 Å². The van der Waals surface area contributed by atoms with E-state index in [-0.39, 0.29) is 0 Å². The molecule has 0 fully saturated rings. The summed E-state index contributed by atoms with van der Waals surface area (Å²) >= 11 is 0. The third-order valence-corrected chi connectivity index (χ3v) is 9.66. The molecule has 0 spiro atoms. The second-order valence-electron chi connectivity index (χ2n) is 10.6. The number of hydrogen-bond acceptors (Lipinski definition) is 0. The number of benzene rings is 2. The SMILES string of the molecule is CC1=C(C)C2C(C)c3c(c(C)c4c(C)c(C)c(C)c(C)c4c3C)C(C)C2C(C)=C1C. The highest BCUT2D eigenvalue weighted by molar-refractivity contribution is 5.98. The molecule has 2 aromatic carbocycles. The Morgan fingerprint density at radius 1 is 0.400 bits per heavy atom. The lowest BCUT2D eigenvalue weighted by Crippen LogP contribution is -2.36. The highest BCUT2D eigenvalue weighted by Gasteiger charge is 2.45. The first kappa shape index (κ1) is 21.4. The van der Waals surface area contributed by atoms with E-state index in [4.69, 9.17) is 0 Å². The van der Waals surface area contributed by atoms with Crippen molar-refractivity contribution < 1.29 is 0 Å². The van der Waals surface area contributed by atoms with Crippen molar-refractivity contribution in [2.24, 2.45) is 11.8 Å². The lowest BCUT2D eigenvalue weighted by molar-refractivity contribution is 0.298. The first-order valence-corrected chi connectivity index (χ1v) is 11.8. The van der Waals surface area contributed by atoms with E-state index in [0.29, 0.717) is 23.7 Å². The number of fused-ring (bicyclic) bond motifs is 3. The number of aryl methyl sites for hydroxylation is 4. The molecule has 4 atom stereocenters. The van der Waals surface area contributed by atoms with E-state index in [0.717, 1.165) is 0 Å². The fourth-order valence-electron chi connectivity index (χ4n) is 7.46. The summed E-state index contributed by atoms with van der Waals surface area (Å²) in [5, 5.41) is 3.06. The maximum absolute atomic E-state index is 2.51. The Morgan fingerprint density at radius 2 is 0.700 bits per heavy atom. The Balaban J connectivity index is 2.16. The summed E-state index contributed by atoms with van der Waals surface area (Å²) in [6.45, 7) is 28.6. The summed E-state index contributed by atoms with van der Waals surface area (Å²) in [5.41, 5.74) is 18.6. The minimum absolute atomic E-state index is 0.559. The molecule has 0 heterocycles. The van der Waals surface area contributed by atoms with Gasteiger partial charge in [0.05, 0.1) is 0 Å². The molecule has 0 heteroatoms.